The number of carbonyl (C=O) groups is 1. The molecule has 1 amide bonds. The van der Waals surface area contributed by atoms with Crippen molar-refractivity contribution in [2.75, 3.05) is 25.5 Å². The fourth-order valence-electron chi connectivity index (χ4n) is 4.72. The minimum Gasteiger partial charge on any atom is -0.495 e. The van der Waals surface area contributed by atoms with Crippen molar-refractivity contribution < 1.29 is 17.9 Å². The van der Waals surface area contributed by atoms with Gasteiger partial charge >= 0.3 is 0 Å². The molecule has 1 N–H and O–H groups in total. The minimum absolute atomic E-state index is 0.0664. The molecule has 6 nitrogen and oxygen atoms in total. The molecule has 0 aromatic heterocycles. The van der Waals surface area contributed by atoms with Gasteiger partial charge in [0.1, 0.15) is 5.75 Å². The monoisotopic (exact) mass is 394 g/mol. The topological polar surface area (TPSA) is 75.7 Å². The second-order valence-corrected chi connectivity index (χ2v) is 9.58. The number of benzene rings is 1. The van der Waals surface area contributed by atoms with E-state index in [-0.39, 0.29) is 10.8 Å². The van der Waals surface area contributed by atoms with Crippen LogP contribution in [0, 0.1) is 17.8 Å². The van der Waals surface area contributed by atoms with Crippen LogP contribution in [-0.2, 0) is 14.8 Å². The third-order valence-corrected chi connectivity index (χ3v) is 8.17. The Bertz CT molecular complexity index is 789. The summed E-state index contributed by atoms with van der Waals surface area (Å²) in [5.74, 6) is 2.33. The maximum atomic E-state index is 12.8. The van der Waals surface area contributed by atoms with Crippen molar-refractivity contribution >= 4 is 21.6 Å². The molecule has 2 fully saturated rings. The summed E-state index contributed by atoms with van der Waals surface area (Å²) >= 11 is 0. The highest BCUT2D eigenvalue weighted by molar-refractivity contribution is 7.89. The van der Waals surface area contributed by atoms with Gasteiger partial charge in [-0.15, -0.1) is 0 Å². The number of hydrogen-bond donors (Lipinski definition) is 1. The molecule has 2 aliphatic carbocycles. The molecule has 150 valence electrons. The second-order valence-electron chi connectivity index (χ2n) is 7.64. The van der Waals surface area contributed by atoms with Gasteiger partial charge in [0.05, 0.1) is 17.7 Å². The van der Waals surface area contributed by atoms with Gasteiger partial charge in [-0.05, 0) is 55.2 Å². The van der Waals surface area contributed by atoms with Crippen LogP contribution in [0.2, 0.25) is 0 Å². The molecule has 1 aromatic carbocycles. The van der Waals surface area contributed by atoms with Gasteiger partial charge in [-0.3, -0.25) is 4.79 Å². The van der Waals surface area contributed by atoms with Crippen LogP contribution >= 0.6 is 0 Å². The third kappa shape index (κ3) is 4.14. The van der Waals surface area contributed by atoms with Crippen LogP contribution < -0.4 is 10.1 Å². The second kappa shape index (κ2) is 8.19. The van der Waals surface area contributed by atoms with Crippen molar-refractivity contribution in [1.82, 2.24) is 4.31 Å². The van der Waals surface area contributed by atoms with Crippen LogP contribution in [0.4, 0.5) is 5.69 Å². The number of nitrogens with one attached hydrogen (secondary N) is 1. The van der Waals surface area contributed by atoms with E-state index in [1.807, 2.05) is 13.8 Å². The van der Waals surface area contributed by atoms with Crippen LogP contribution in [-0.4, -0.2) is 38.8 Å². The number of hydrogen-bond acceptors (Lipinski definition) is 4. The number of fused-ring (bicyclic) bond motifs is 2. The smallest absolute Gasteiger partial charge is 0.243 e. The lowest BCUT2D eigenvalue weighted by atomic mass is 9.86. The van der Waals surface area contributed by atoms with Crippen LogP contribution in [0.15, 0.2) is 23.1 Å². The van der Waals surface area contributed by atoms with Crippen molar-refractivity contribution in [3.63, 3.8) is 0 Å². The lowest BCUT2D eigenvalue weighted by Gasteiger charge is -2.22. The van der Waals surface area contributed by atoms with Gasteiger partial charge in [-0.2, -0.15) is 4.31 Å². The number of amides is 1. The molecule has 2 saturated carbocycles. The SMILES string of the molecule is CCN(CC)S(=O)(=O)c1ccc(OC)c(NC(=O)C[C@@H]2C[C@@H]3CC[C@@H]2C3)c1. The zero-order chi connectivity index (χ0) is 19.6. The maximum Gasteiger partial charge on any atom is 0.243 e. The molecule has 0 unspecified atom stereocenters. The number of rotatable bonds is 8. The van der Waals surface area contributed by atoms with E-state index in [4.69, 9.17) is 4.74 Å². The molecular formula is C20H30N2O4S. The zero-order valence-electron chi connectivity index (χ0n) is 16.4. The quantitative estimate of drug-likeness (QED) is 0.732. The van der Waals surface area contributed by atoms with Crippen molar-refractivity contribution in [2.24, 2.45) is 17.8 Å². The highest BCUT2D eigenvalue weighted by Crippen LogP contribution is 2.49. The lowest BCUT2D eigenvalue weighted by Crippen LogP contribution is -2.30. The Labute approximate surface area is 162 Å². The fourth-order valence-corrected chi connectivity index (χ4v) is 6.21. The van der Waals surface area contributed by atoms with Crippen molar-refractivity contribution in [2.45, 2.75) is 50.8 Å². The van der Waals surface area contributed by atoms with Gasteiger partial charge in [0, 0.05) is 19.5 Å². The predicted octanol–water partition coefficient (Wildman–Crippen LogP) is 3.49. The first kappa shape index (κ1) is 20.1. The molecule has 7 heteroatoms. The first-order valence-corrected chi connectivity index (χ1v) is 11.3. The molecule has 0 heterocycles. The van der Waals surface area contributed by atoms with E-state index in [1.165, 1.54) is 42.8 Å². The number of carbonyl (C=O) groups excluding carboxylic acids is 1. The van der Waals surface area contributed by atoms with Crippen LogP contribution in [0.3, 0.4) is 0 Å². The summed E-state index contributed by atoms with van der Waals surface area (Å²) in [5.41, 5.74) is 0.416. The van der Waals surface area contributed by atoms with Crippen LogP contribution in [0.5, 0.6) is 5.75 Å². The van der Waals surface area contributed by atoms with Gasteiger partial charge in [0.25, 0.3) is 0 Å². The zero-order valence-corrected chi connectivity index (χ0v) is 17.2. The Morgan fingerprint density at radius 2 is 1.96 bits per heavy atom. The van der Waals surface area contributed by atoms with E-state index in [2.05, 4.69) is 5.32 Å². The molecule has 0 saturated heterocycles. The largest absolute Gasteiger partial charge is 0.495 e. The van der Waals surface area contributed by atoms with Crippen molar-refractivity contribution in [3.05, 3.63) is 18.2 Å². The Morgan fingerprint density at radius 3 is 2.52 bits per heavy atom. The third-order valence-electron chi connectivity index (χ3n) is 6.12. The van der Waals surface area contributed by atoms with Gasteiger partial charge in [-0.1, -0.05) is 20.3 Å². The van der Waals surface area contributed by atoms with Gasteiger partial charge < -0.3 is 10.1 Å². The summed E-state index contributed by atoms with van der Waals surface area (Å²) in [6.45, 7) is 4.42. The molecule has 2 bridgehead atoms. The summed E-state index contributed by atoms with van der Waals surface area (Å²) in [4.78, 5) is 12.8. The van der Waals surface area contributed by atoms with E-state index >= 15 is 0 Å². The molecular weight excluding hydrogens is 364 g/mol. The Balaban J connectivity index is 1.76. The Hall–Kier alpha value is -1.60. The van der Waals surface area contributed by atoms with Gasteiger partial charge in [-0.25, -0.2) is 8.42 Å². The summed E-state index contributed by atoms with van der Waals surface area (Å²) in [5, 5.41) is 2.89. The van der Waals surface area contributed by atoms with E-state index in [1.54, 1.807) is 6.07 Å². The normalized spacial score (nSPS) is 24.4. The standard InChI is InChI=1S/C20H30N2O4S/c1-4-22(5-2)27(24,25)17-8-9-19(26-3)18(13-17)21-20(23)12-16-11-14-6-7-15(16)10-14/h8-9,13-16H,4-7,10-12H2,1-3H3,(H,21,23)/t14-,15-,16+/m1/s1. The molecule has 1 aromatic rings. The van der Waals surface area contributed by atoms with Crippen LogP contribution in [0.1, 0.15) is 46.0 Å². The molecule has 3 rings (SSSR count). The summed E-state index contributed by atoms with van der Waals surface area (Å²) in [6, 6.07) is 4.63. The average Bonchev–Trinajstić information content (AvgIpc) is 3.25. The number of anilines is 1. The number of sulfonamides is 1. The summed E-state index contributed by atoms with van der Waals surface area (Å²) < 4.78 is 32.3. The van der Waals surface area contributed by atoms with Gasteiger partial charge in [0.15, 0.2) is 0 Å². The van der Waals surface area contributed by atoms with Gasteiger partial charge in [0.2, 0.25) is 15.9 Å². The Kier molecular flexibility index (Phi) is 6.11. The van der Waals surface area contributed by atoms with Crippen molar-refractivity contribution in [3.8, 4) is 5.75 Å². The first-order chi connectivity index (χ1) is 12.9. The van der Waals surface area contributed by atoms with E-state index in [0.717, 1.165) is 12.3 Å². The van der Waals surface area contributed by atoms with E-state index < -0.39 is 10.0 Å². The minimum atomic E-state index is -3.59. The number of methoxy groups -OCH3 is 1. The first-order valence-electron chi connectivity index (χ1n) is 9.87. The fraction of sp³-hybridized carbons (Fsp3) is 0.650. The molecule has 0 aliphatic heterocycles. The molecule has 3 atom stereocenters. The molecule has 27 heavy (non-hydrogen) atoms. The molecule has 2 aliphatic rings. The van der Waals surface area contributed by atoms with Crippen molar-refractivity contribution in [1.29, 1.82) is 0 Å². The number of ether oxygens (including phenoxy) is 1. The predicted molar refractivity (Wildman–Crippen MR) is 105 cm³/mol. The summed E-state index contributed by atoms with van der Waals surface area (Å²) in [6.07, 6.45) is 5.45. The highest BCUT2D eigenvalue weighted by Gasteiger charge is 2.40. The lowest BCUT2D eigenvalue weighted by molar-refractivity contribution is -0.117. The number of nitrogens with zero attached hydrogens (tertiary/aromatic N) is 1. The maximum absolute atomic E-state index is 12.8. The van der Waals surface area contributed by atoms with Crippen LogP contribution in [0.25, 0.3) is 0 Å². The summed E-state index contributed by atoms with van der Waals surface area (Å²) in [7, 11) is -2.07. The Morgan fingerprint density at radius 1 is 1.22 bits per heavy atom. The highest BCUT2D eigenvalue weighted by atomic mass is 32.2. The average molecular weight is 395 g/mol. The molecule has 0 radical (unpaired) electrons. The van der Waals surface area contributed by atoms with E-state index in [9.17, 15) is 13.2 Å². The molecule has 0 spiro atoms. The van der Waals surface area contributed by atoms with E-state index in [0.29, 0.717) is 42.8 Å².